The van der Waals surface area contributed by atoms with Crippen molar-refractivity contribution < 1.29 is 24.6 Å². The Labute approximate surface area is 329 Å². The van der Waals surface area contributed by atoms with Gasteiger partial charge in [-0.25, -0.2) is 0 Å². The van der Waals surface area contributed by atoms with Gasteiger partial charge in [0.15, 0.2) is 6.23 Å². The normalized spacial score (nSPS) is 21.6. The van der Waals surface area contributed by atoms with Crippen LogP contribution >= 0.6 is 0 Å². The van der Waals surface area contributed by atoms with Crippen LogP contribution in [0, 0.1) is 0 Å². The highest BCUT2D eigenvalue weighted by molar-refractivity contribution is 6.06. The second kappa shape index (κ2) is 16.4. The Bertz CT molecular complexity index is 2080. The summed E-state index contributed by atoms with van der Waals surface area (Å²) in [5.74, 6) is -0.449. The third-order valence-electron chi connectivity index (χ3n) is 12.2. The summed E-state index contributed by atoms with van der Waals surface area (Å²) in [5.41, 5.74) is 9.31. The Morgan fingerprint density at radius 1 is 0.732 bits per heavy atom. The van der Waals surface area contributed by atoms with E-state index in [-0.39, 0.29) is 30.4 Å². The monoisotopic (exact) mass is 753 g/mol. The highest BCUT2D eigenvalue weighted by Gasteiger charge is 2.44. The number of hydrogen-bond acceptors (Lipinski definition) is 8. The number of allylic oxidation sites excluding steroid dienone is 1. The van der Waals surface area contributed by atoms with E-state index in [0.29, 0.717) is 17.0 Å². The third kappa shape index (κ3) is 7.74. The molecule has 2 atom stereocenters. The van der Waals surface area contributed by atoms with Crippen molar-refractivity contribution in [2.45, 2.75) is 57.2 Å². The first-order valence-corrected chi connectivity index (χ1v) is 20.1. The number of nitrogens with zero attached hydrogens (tertiary/aromatic N) is 4. The molecule has 3 saturated heterocycles. The molecule has 0 saturated carbocycles. The van der Waals surface area contributed by atoms with Crippen LogP contribution in [0.5, 0.6) is 5.75 Å². The van der Waals surface area contributed by atoms with Gasteiger partial charge in [-0.3, -0.25) is 29.5 Å². The highest BCUT2D eigenvalue weighted by Crippen LogP contribution is 2.39. The minimum absolute atomic E-state index is 0.144. The maximum absolute atomic E-state index is 13.2. The van der Waals surface area contributed by atoms with Crippen molar-refractivity contribution in [2.24, 2.45) is 0 Å². The van der Waals surface area contributed by atoms with Crippen molar-refractivity contribution in [2.75, 3.05) is 57.3 Å². The molecular formula is C46H51N5O5. The molecule has 10 heteroatoms. The van der Waals surface area contributed by atoms with E-state index in [2.05, 4.69) is 81.5 Å². The summed E-state index contributed by atoms with van der Waals surface area (Å²) in [6, 6.07) is 32.1. The molecule has 0 aliphatic carbocycles. The lowest BCUT2D eigenvalue weighted by Crippen LogP contribution is -2.53. The van der Waals surface area contributed by atoms with Crippen molar-refractivity contribution in [3.63, 3.8) is 0 Å². The molecule has 3 N–H and O–H groups in total. The van der Waals surface area contributed by atoms with Crippen LogP contribution in [0.2, 0.25) is 0 Å². The minimum atomic E-state index is -1.22. The van der Waals surface area contributed by atoms with Gasteiger partial charge in [-0.2, -0.15) is 0 Å². The van der Waals surface area contributed by atoms with E-state index in [1.165, 1.54) is 32.7 Å². The van der Waals surface area contributed by atoms with Crippen molar-refractivity contribution >= 4 is 34.6 Å². The number of aromatic hydroxyl groups is 1. The number of carbonyl (C=O) groups is 3. The molecule has 4 aromatic carbocycles. The number of piperidine rings is 2. The lowest BCUT2D eigenvalue weighted by molar-refractivity contribution is -0.139. The number of likely N-dealkylation sites (tertiary alicyclic amines) is 1. The van der Waals surface area contributed by atoms with Gasteiger partial charge in [-0.15, -0.1) is 0 Å². The van der Waals surface area contributed by atoms with Gasteiger partial charge in [0.25, 0.3) is 5.91 Å². The van der Waals surface area contributed by atoms with Gasteiger partial charge in [0.2, 0.25) is 11.8 Å². The number of phenolic OH excluding ortho intramolecular Hbond substituents is 1. The van der Waals surface area contributed by atoms with E-state index in [1.807, 2.05) is 24.3 Å². The van der Waals surface area contributed by atoms with Crippen LogP contribution in [0.1, 0.15) is 89.3 Å². The van der Waals surface area contributed by atoms with Crippen molar-refractivity contribution in [3.05, 3.63) is 130 Å². The lowest BCUT2D eigenvalue weighted by atomic mass is 9.85. The smallest absolute Gasteiger partial charge is 0.257 e. The van der Waals surface area contributed by atoms with E-state index in [9.17, 15) is 24.6 Å². The zero-order chi connectivity index (χ0) is 38.8. The molecule has 3 amide bonds. The van der Waals surface area contributed by atoms with Crippen LogP contribution in [-0.2, 0) is 9.59 Å². The molecular weight excluding hydrogens is 703 g/mol. The van der Waals surface area contributed by atoms with Gasteiger partial charge in [-0.05, 0) is 108 Å². The Morgan fingerprint density at radius 2 is 1.38 bits per heavy atom. The first-order chi connectivity index (χ1) is 27.3. The maximum Gasteiger partial charge on any atom is 0.257 e. The van der Waals surface area contributed by atoms with E-state index in [1.54, 1.807) is 18.2 Å². The molecule has 10 nitrogen and oxygen atoms in total. The quantitative estimate of drug-likeness (QED) is 0.133. The van der Waals surface area contributed by atoms with Gasteiger partial charge in [0, 0.05) is 62.5 Å². The molecule has 4 aliphatic heterocycles. The van der Waals surface area contributed by atoms with Crippen LogP contribution in [0.4, 0.5) is 5.69 Å². The fourth-order valence-electron chi connectivity index (χ4n) is 9.05. The first-order valence-electron chi connectivity index (χ1n) is 20.1. The summed E-state index contributed by atoms with van der Waals surface area (Å²) in [5, 5.41) is 23.4. The van der Waals surface area contributed by atoms with Crippen LogP contribution in [0.3, 0.4) is 0 Å². The summed E-state index contributed by atoms with van der Waals surface area (Å²) in [6.07, 6.45) is 2.32. The summed E-state index contributed by atoms with van der Waals surface area (Å²) in [6.45, 7) is 10.0. The molecule has 0 radical (unpaired) electrons. The molecule has 3 fully saturated rings. The molecule has 4 aromatic rings. The summed E-state index contributed by atoms with van der Waals surface area (Å²) in [7, 11) is 0. The van der Waals surface area contributed by atoms with E-state index in [4.69, 9.17) is 0 Å². The number of phenols is 1. The fourth-order valence-corrected chi connectivity index (χ4v) is 9.05. The number of aliphatic hydroxyl groups excluding tert-OH is 1. The number of carbonyl (C=O) groups excluding carboxylic acids is 3. The van der Waals surface area contributed by atoms with Gasteiger partial charge >= 0.3 is 0 Å². The SMILES string of the molecule is CC/C(=C(\c1ccc(O)cc1)c1ccc(C2CCN(CCN3CCN(c4ccc5c(c4)C(O)N(C4CCC(=O)NC4=O)C5=O)CC3)CC2)cc1)c1ccccc1. The highest BCUT2D eigenvalue weighted by atomic mass is 16.3. The van der Waals surface area contributed by atoms with Crippen LogP contribution in [0.15, 0.2) is 97.1 Å². The maximum atomic E-state index is 13.2. The molecule has 4 heterocycles. The predicted molar refractivity (Wildman–Crippen MR) is 218 cm³/mol. The molecule has 0 bridgehead atoms. The standard InChI is InChI=1S/C46H51N5O5/c1-2-38(33-6-4-3-5-7-33)43(35-12-15-37(52)16-13-35)34-10-8-31(9-11-34)32-20-22-48(23-21-32)24-25-49-26-28-50(29-27-49)36-14-17-39-40(30-36)46(56)51(45(39)55)41-18-19-42(53)47-44(41)54/h3-17,30,32,41,46,52,56H,2,18-29H2,1H3,(H,47,53,54)/b43-38+. The number of aliphatic hydroxyl groups is 1. The molecule has 2 unspecified atom stereocenters. The number of nitrogens with one attached hydrogen (secondary N) is 1. The number of piperazine rings is 1. The predicted octanol–water partition coefficient (Wildman–Crippen LogP) is 6.01. The summed E-state index contributed by atoms with van der Waals surface area (Å²) >= 11 is 0. The number of imide groups is 1. The molecule has 0 spiro atoms. The number of anilines is 1. The Hall–Kier alpha value is -5.29. The number of fused-ring (bicyclic) bond motifs is 1. The number of hydrogen-bond donors (Lipinski definition) is 3. The average molecular weight is 754 g/mol. The second-order valence-corrected chi connectivity index (χ2v) is 15.5. The van der Waals surface area contributed by atoms with Gasteiger partial charge in [0.1, 0.15) is 11.8 Å². The van der Waals surface area contributed by atoms with Crippen LogP contribution < -0.4 is 10.2 Å². The largest absolute Gasteiger partial charge is 0.508 e. The van der Waals surface area contributed by atoms with Crippen molar-refractivity contribution in [1.29, 1.82) is 0 Å². The number of rotatable bonds is 10. The Morgan fingerprint density at radius 3 is 2.02 bits per heavy atom. The number of benzene rings is 4. The van der Waals surface area contributed by atoms with E-state index in [0.717, 1.165) is 82.9 Å². The van der Waals surface area contributed by atoms with Crippen molar-refractivity contribution in [3.8, 4) is 5.75 Å². The minimum Gasteiger partial charge on any atom is -0.508 e. The van der Waals surface area contributed by atoms with E-state index < -0.39 is 18.2 Å². The average Bonchev–Trinajstić information content (AvgIpc) is 3.48. The van der Waals surface area contributed by atoms with E-state index >= 15 is 0 Å². The van der Waals surface area contributed by atoms with Gasteiger partial charge < -0.3 is 20.0 Å². The third-order valence-corrected chi connectivity index (χ3v) is 12.2. The Kier molecular flexibility index (Phi) is 11.0. The van der Waals surface area contributed by atoms with Crippen LogP contribution in [-0.4, -0.2) is 101 Å². The zero-order valence-corrected chi connectivity index (χ0v) is 32.1. The van der Waals surface area contributed by atoms with Crippen molar-refractivity contribution in [1.82, 2.24) is 20.0 Å². The topological polar surface area (TPSA) is 117 Å². The molecule has 4 aliphatic rings. The molecule has 290 valence electrons. The Balaban J connectivity index is 0.832. The number of amides is 3. The van der Waals surface area contributed by atoms with Gasteiger partial charge in [-0.1, -0.05) is 73.7 Å². The first kappa shape index (κ1) is 37.6. The summed E-state index contributed by atoms with van der Waals surface area (Å²) in [4.78, 5) is 46.0. The fraction of sp³-hybridized carbons (Fsp3) is 0.370. The van der Waals surface area contributed by atoms with Gasteiger partial charge in [0.05, 0.1) is 0 Å². The lowest BCUT2D eigenvalue weighted by Gasteiger charge is -2.38. The van der Waals surface area contributed by atoms with Crippen LogP contribution in [0.25, 0.3) is 11.1 Å². The second-order valence-electron chi connectivity index (χ2n) is 15.5. The zero-order valence-electron chi connectivity index (χ0n) is 32.1. The molecule has 56 heavy (non-hydrogen) atoms. The summed E-state index contributed by atoms with van der Waals surface area (Å²) < 4.78 is 0. The molecule has 0 aromatic heterocycles. The molecule has 8 rings (SSSR count).